The first kappa shape index (κ1) is 18.4. The minimum atomic E-state index is -0.444. The van der Waals surface area contributed by atoms with Crippen LogP contribution in [-0.2, 0) is 0 Å². The van der Waals surface area contributed by atoms with Gasteiger partial charge in [0.1, 0.15) is 5.75 Å². The quantitative estimate of drug-likeness (QED) is 0.460. The second-order valence-corrected chi connectivity index (χ2v) is 7.41. The van der Waals surface area contributed by atoms with E-state index in [-0.39, 0.29) is 12.0 Å². The van der Waals surface area contributed by atoms with Gasteiger partial charge >= 0.3 is 5.97 Å². The van der Waals surface area contributed by atoms with Crippen molar-refractivity contribution < 1.29 is 9.53 Å². The predicted molar refractivity (Wildman–Crippen MR) is 103 cm³/mol. The fraction of sp³-hybridized carbons (Fsp3) is 0.350. The maximum Gasteiger partial charge on any atom is 0.345 e. The van der Waals surface area contributed by atoms with E-state index >= 15 is 0 Å². The molecule has 1 aromatic carbocycles. The highest BCUT2D eigenvalue weighted by Gasteiger charge is 2.17. The lowest BCUT2D eigenvalue weighted by atomic mass is 10.0. The van der Waals surface area contributed by atoms with Gasteiger partial charge < -0.3 is 4.74 Å². The molecule has 5 nitrogen and oxygen atoms in total. The van der Waals surface area contributed by atoms with Crippen LogP contribution in [0, 0.1) is 6.92 Å². The molecule has 0 saturated heterocycles. The molecule has 3 rings (SSSR count). The van der Waals surface area contributed by atoms with Crippen molar-refractivity contribution in [3.8, 4) is 5.75 Å². The molecule has 0 unspecified atom stereocenters. The number of esters is 1. The molecule has 0 atom stereocenters. The van der Waals surface area contributed by atoms with Crippen LogP contribution < -0.4 is 4.74 Å². The van der Waals surface area contributed by atoms with Crippen LogP contribution in [0.15, 0.2) is 30.6 Å². The molecule has 0 amide bonds. The van der Waals surface area contributed by atoms with Crippen molar-refractivity contribution in [2.45, 2.75) is 46.6 Å². The highest BCUT2D eigenvalue weighted by Crippen LogP contribution is 2.32. The SMILES string of the molecule is Cc1cc(OC(=O)c2cnc3c(cnn3C(C)C)c2)c(C(C)C)cc1Cl. The monoisotopic (exact) mass is 371 g/mol. The van der Waals surface area contributed by atoms with Gasteiger partial charge in [-0.3, -0.25) is 0 Å². The zero-order valence-electron chi connectivity index (χ0n) is 15.6. The van der Waals surface area contributed by atoms with E-state index in [9.17, 15) is 4.79 Å². The molecule has 0 saturated carbocycles. The van der Waals surface area contributed by atoms with Crippen LogP contribution in [0.4, 0.5) is 0 Å². The highest BCUT2D eigenvalue weighted by molar-refractivity contribution is 6.31. The molecule has 3 aromatic rings. The Labute approximate surface area is 157 Å². The number of fused-ring (bicyclic) bond motifs is 1. The third kappa shape index (κ3) is 3.44. The Hall–Kier alpha value is -2.40. The number of nitrogens with zero attached hydrogens (tertiary/aromatic N) is 3. The molecule has 0 aliphatic heterocycles. The number of pyridine rings is 1. The summed E-state index contributed by atoms with van der Waals surface area (Å²) in [6.45, 7) is 10.0. The Morgan fingerprint density at radius 3 is 2.54 bits per heavy atom. The molecule has 2 heterocycles. The van der Waals surface area contributed by atoms with Crippen LogP contribution in [0.25, 0.3) is 11.0 Å². The zero-order valence-corrected chi connectivity index (χ0v) is 16.3. The molecule has 136 valence electrons. The van der Waals surface area contributed by atoms with E-state index in [0.717, 1.165) is 22.2 Å². The lowest BCUT2D eigenvalue weighted by Crippen LogP contribution is -2.11. The average molecular weight is 372 g/mol. The van der Waals surface area contributed by atoms with Crippen LogP contribution in [0.5, 0.6) is 5.75 Å². The molecule has 0 spiro atoms. The largest absolute Gasteiger partial charge is 0.423 e. The van der Waals surface area contributed by atoms with Crippen molar-refractivity contribution in [2.24, 2.45) is 0 Å². The maximum atomic E-state index is 12.6. The molecule has 6 heteroatoms. The van der Waals surface area contributed by atoms with Gasteiger partial charge in [0, 0.05) is 22.6 Å². The van der Waals surface area contributed by atoms with Gasteiger partial charge in [-0.2, -0.15) is 5.10 Å². The van der Waals surface area contributed by atoms with Crippen molar-refractivity contribution in [1.29, 1.82) is 0 Å². The molecule has 0 N–H and O–H groups in total. The lowest BCUT2D eigenvalue weighted by molar-refractivity contribution is 0.0732. The van der Waals surface area contributed by atoms with Crippen LogP contribution >= 0.6 is 11.6 Å². The van der Waals surface area contributed by atoms with Crippen molar-refractivity contribution in [3.05, 3.63) is 52.3 Å². The van der Waals surface area contributed by atoms with E-state index in [1.54, 1.807) is 18.3 Å². The number of hydrogen-bond donors (Lipinski definition) is 0. The summed E-state index contributed by atoms with van der Waals surface area (Å²) in [4.78, 5) is 17.0. The fourth-order valence-electron chi connectivity index (χ4n) is 2.80. The molecular weight excluding hydrogens is 350 g/mol. The van der Waals surface area contributed by atoms with E-state index < -0.39 is 5.97 Å². The molecular formula is C20H22ClN3O2. The number of aryl methyl sites for hydroxylation is 1. The summed E-state index contributed by atoms with van der Waals surface area (Å²) in [5, 5.41) is 5.80. The Kier molecular flexibility index (Phi) is 5.01. The van der Waals surface area contributed by atoms with Gasteiger partial charge in [0.25, 0.3) is 0 Å². The summed E-state index contributed by atoms with van der Waals surface area (Å²) >= 11 is 6.22. The van der Waals surface area contributed by atoms with Crippen molar-refractivity contribution in [1.82, 2.24) is 14.8 Å². The first-order valence-electron chi connectivity index (χ1n) is 8.63. The van der Waals surface area contributed by atoms with Crippen LogP contribution in [-0.4, -0.2) is 20.7 Å². The third-order valence-corrected chi connectivity index (χ3v) is 4.68. The third-order valence-electron chi connectivity index (χ3n) is 4.27. The summed E-state index contributed by atoms with van der Waals surface area (Å²) in [5.41, 5.74) is 2.91. The predicted octanol–water partition coefficient (Wildman–Crippen LogP) is 5.32. The summed E-state index contributed by atoms with van der Waals surface area (Å²) in [7, 11) is 0. The van der Waals surface area contributed by atoms with Gasteiger partial charge in [-0.05, 0) is 56.0 Å². The number of rotatable bonds is 4. The Morgan fingerprint density at radius 2 is 1.88 bits per heavy atom. The van der Waals surface area contributed by atoms with Crippen LogP contribution in [0.2, 0.25) is 5.02 Å². The van der Waals surface area contributed by atoms with Gasteiger partial charge in [0.15, 0.2) is 5.65 Å². The van der Waals surface area contributed by atoms with Gasteiger partial charge in [-0.25, -0.2) is 14.5 Å². The topological polar surface area (TPSA) is 57.0 Å². The molecule has 0 aliphatic rings. The minimum absolute atomic E-state index is 0.181. The Balaban J connectivity index is 1.93. The summed E-state index contributed by atoms with van der Waals surface area (Å²) in [6, 6.07) is 5.62. The Bertz CT molecular complexity index is 977. The van der Waals surface area contributed by atoms with Gasteiger partial charge in [0.2, 0.25) is 0 Å². The normalized spacial score (nSPS) is 11.5. The number of carbonyl (C=O) groups excluding carboxylic acids is 1. The summed E-state index contributed by atoms with van der Waals surface area (Å²) in [5.74, 6) is 0.269. The number of carbonyl (C=O) groups is 1. The molecule has 2 aromatic heterocycles. The number of ether oxygens (including phenoxy) is 1. The molecule has 0 aliphatic carbocycles. The highest BCUT2D eigenvalue weighted by atomic mass is 35.5. The second kappa shape index (κ2) is 7.08. The standard InChI is InChI=1S/C20H22ClN3O2/c1-11(2)16-8-17(21)13(5)6-18(16)26-20(25)15-7-14-10-23-24(12(3)4)19(14)22-9-15/h6-12H,1-5H3. The van der Waals surface area contributed by atoms with Gasteiger partial charge in [-0.1, -0.05) is 25.4 Å². The van der Waals surface area contributed by atoms with Crippen molar-refractivity contribution >= 4 is 28.6 Å². The zero-order chi connectivity index (χ0) is 19.0. The molecule has 26 heavy (non-hydrogen) atoms. The van der Waals surface area contributed by atoms with Crippen LogP contribution in [0.1, 0.15) is 61.1 Å². The van der Waals surface area contributed by atoms with Gasteiger partial charge in [0.05, 0.1) is 11.8 Å². The number of benzene rings is 1. The summed E-state index contributed by atoms with van der Waals surface area (Å²) < 4.78 is 7.49. The lowest BCUT2D eigenvalue weighted by Gasteiger charge is -2.15. The average Bonchev–Trinajstić information content (AvgIpc) is 3.00. The smallest absolute Gasteiger partial charge is 0.345 e. The van der Waals surface area contributed by atoms with Crippen LogP contribution in [0.3, 0.4) is 0 Å². The molecule has 0 radical (unpaired) electrons. The number of aromatic nitrogens is 3. The minimum Gasteiger partial charge on any atom is -0.423 e. The molecule has 0 bridgehead atoms. The second-order valence-electron chi connectivity index (χ2n) is 7.00. The van der Waals surface area contributed by atoms with E-state index in [1.807, 2.05) is 45.4 Å². The number of hydrogen-bond acceptors (Lipinski definition) is 4. The van der Waals surface area contributed by atoms with Gasteiger partial charge in [-0.15, -0.1) is 0 Å². The number of halogens is 1. The fourth-order valence-corrected chi connectivity index (χ4v) is 2.97. The maximum absolute atomic E-state index is 12.6. The Morgan fingerprint density at radius 1 is 1.15 bits per heavy atom. The van der Waals surface area contributed by atoms with E-state index in [1.165, 1.54) is 6.20 Å². The first-order chi connectivity index (χ1) is 12.3. The first-order valence-corrected chi connectivity index (χ1v) is 9.01. The van der Waals surface area contributed by atoms with E-state index in [2.05, 4.69) is 10.1 Å². The molecule has 0 fully saturated rings. The van der Waals surface area contributed by atoms with Crippen molar-refractivity contribution in [3.63, 3.8) is 0 Å². The summed E-state index contributed by atoms with van der Waals surface area (Å²) in [6.07, 6.45) is 3.24. The van der Waals surface area contributed by atoms with E-state index in [4.69, 9.17) is 16.3 Å². The van der Waals surface area contributed by atoms with Crippen molar-refractivity contribution in [2.75, 3.05) is 0 Å². The van der Waals surface area contributed by atoms with E-state index in [0.29, 0.717) is 16.3 Å².